The molecule has 1 aliphatic heterocycles. The number of aryl methyl sites for hydroxylation is 1. The monoisotopic (exact) mass is 209 g/mol. The maximum Gasteiger partial charge on any atom is 0.0458 e. The van der Waals surface area contributed by atoms with Crippen molar-refractivity contribution in [1.82, 2.24) is 5.32 Å². The van der Waals surface area contributed by atoms with Gasteiger partial charge in [-0.05, 0) is 30.4 Å². The predicted molar refractivity (Wildman–Crippen MR) is 62.8 cm³/mol. The third kappa shape index (κ3) is 1.73. The molecule has 0 spiro atoms. The van der Waals surface area contributed by atoms with Gasteiger partial charge in [0.2, 0.25) is 0 Å². The van der Waals surface area contributed by atoms with Crippen LogP contribution in [-0.2, 0) is 6.42 Å². The Hall–Kier alpha value is -0.340. The number of hydrogen-bond acceptors (Lipinski definition) is 2. The predicted octanol–water partition coefficient (Wildman–Crippen LogP) is 3.23. The van der Waals surface area contributed by atoms with Crippen molar-refractivity contribution in [3.63, 3.8) is 0 Å². The van der Waals surface area contributed by atoms with Gasteiger partial charge in [-0.15, -0.1) is 11.3 Å². The average molecular weight is 209 g/mol. The lowest BCUT2D eigenvalue weighted by Crippen LogP contribution is -2.47. The lowest BCUT2D eigenvalue weighted by atomic mass is 9.81. The van der Waals surface area contributed by atoms with E-state index in [1.54, 1.807) is 0 Å². The molecule has 0 bridgehead atoms. The van der Waals surface area contributed by atoms with Gasteiger partial charge in [0.05, 0.1) is 0 Å². The summed E-state index contributed by atoms with van der Waals surface area (Å²) < 4.78 is 0. The SMILES string of the molecule is CCc1ccc(C2NCC2C(C)C)s1. The Morgan fingerprint density at radius 1 is 1.50 bits per heavy atom. The standard InChI is InChI=1S/C12H19NS/c1-4-9-5-6-11(14-9)12-10(7-13-12)8(2)3/h5-6,8,10,12-13H,4,7H2,1-3H3. The summed E-state index contributed by atoms with van der Waals surface area (Å²) >= 11 is 1.98. The molecule has 1 fully saturated rings. The maximum absolute atomic E-state index is 3.54. The van der Waals surface area contributed by atoms with Crippen molar-refractivity contribution < 1.29 is 0 Å². The highest BCUT2D eigenvalue weighted by atomic mass is 32.1. The molecular formula is C12H19NS. The van der Waals surface area contributed by atoms with Gasteiger partial charge in [0.15, 0.2) is 0 Å². The van der Waals surface area contributed by atoms with E-state index in [2.05, 4.69) is 38.2 Å². The minimum atomic E-state index is 0.639. The van der Waals surface area contributed by atoms with E-state index in [1.165, 1.54) is 22.7 Å². The summed E-state index contributed by atoms with van der Waals surface area (Å²) in [4.78, 5) is 3.04. The summed E-state index contributed by atoms with van der Waals surface area (Å²) in [7, 11) is 0. The summed E-state index contributed by atoms with van der Waals surface area (Å²) in [5.41, 5.74) is 0. The fourth-order valence-corrected chi connectivity index (χ4v) is 3.16. The Balaban J connectivity index is 2.08. The fourth-order valence-electron chi connectivity index (χ4n) is 2.06. The third-order valence-corrected chi connectivity index (χ3v) is 4.51. The number of thiophene rings is 1. The first-order chi connectivity index (χ1) is 6.72. The molecule has 0 amide bonds. The molecule has 0 saturated carbocycles. The van der Waals surface area contributed by atoms with E-state index in [4.69, 9.17) is 0 Å². The van der Waals surface area contributed by atoms with Crippen molar-refractivity contribution in [3.05, 3.63) is 21.9 Å². The van der Waals surface area contributed by atoms with Gasteiger partial charge >= 0.3 is 0 Å². The first kappa shape index (κ1) is 10.2. The molecule has 0 aliphatic carbocycles. The van der Waals surface area contributed by atoms with Gasteiger partial charge in [-0.1, -0.05) is 20.8 Å². The molecule has 1 nitrogen and oxygen atoms in total. The van der Waals surface area contributed by atoms with E-state index in [0.717, 1.165) is 11.8 Å². The van der Waals surface area contributed by atoms with Crippen molar-refractivity contribution in [2.24, 2.45) is 11.8 Å². The molecular weight excluding hydrogens is 190 g/mol. The molecule has 2 unspecified atom stereocenters. The Morgan fingerprint density at radius 2 is 2.29 bits per heavy atom. The van der Waals surface area contributed by atoms with Crippen molar-refractivity contribution in [2.75, 3.05) is 6.54 Å². The normalized spacial score (nSPS) is 26.6. The van der Waals surface area contributed by atoms with Gasteiger partial charge in [-0.2, -0.15) is 0 Å². The lowest BCUT2D eigenvalue weighted by molar-refractivity contribution is 0.177. The van der Waals surface area contributed by atoms with Gasteiger partial charge in [-0.3, -0.25) is 0 Å². The van der Waals surface area contributed by atoms with Gasteiger partial charge < -0.3 is 5.32 Å². The van der Waals surface area contributed by atoms with Crippen LogP contribution in [0, 0.1) is 11.8 Å². The molecule has 2 rings (SSSR count). The number of hydrogen-bond donors (Lipinski definition) is 1. The van der Waals surface area contributed by atoms with E-state index in [1.807, 2.05) is 11.3 Å². The molecule has 78 valence electrons. The van der Waals surface area contributed by atoms with Crippen molar-refractivity contribution in [3.8, 4) is 0 Å². The van der Waals surface area contributed by atoms with E-state index < -0.39 is 0 Å². The van der Waals surface area contributed by atoms with Crippen LogP contribution in [0.25, 0.3) is 0 Å². The molecule has 1 saturated heterocycles. The van der Waals surface area contributed by atoms with Gasteiger partial charge in [0.25, 0.3) is 0 Å². The molecule has 2 heteroatoms. The minimum absolute atomic E-state index is 0.639. The number of rotatable bonds is 3. The smallest absolute Gasteiger partial charge is 0.0458 e. The summed E-state index contributed by atoms with van der Waals surface area (Å²) in [6.45, 7) is 8.07. The highest BCUT2D eigenvalue weighted by Crippen LogP contribution is 2.37. The molecule has 2 heterocycles. The van der Waals surface area contributed by atoms with Crippen LogP contribution in [0.4, 0.5) is 0 Å². The third-order valence-electron chi connectivity index (χ3n) is 3.20. The largest absolute Gasteiger partial charge is 0.309 e. The summed E-state index contributed by atoms with van der Waals surface area (Å²) in [5, 5.41) is 3.54. The highest BCUT2D eigenvalue weighted by Gasteiger charge is 2.34. The van der Waals surface area contributed by atoms with E-state index in [0.29, 0.717) is 6.04 Å². The van der Waals surface area contributed by atoms with Crippen LogP contribution in [0.1, 0.15) is 36.6 Å². The van der Waals surface area contributed by atoms with Crippen LogP contribution in [0.2, 0.25) is 0 Å². The van der Waals surface area contributed by atoms with Gasteiger partial charge in [0, 0.05) is 22.3 Å². The first-order valence-corrected chi connectivity index (χ1v) is 6.36. The Kier molecular flexibility index (Phi) is 2.93. The zero-order chi connectivity index (χ0) is 10.1. The molecule has 1 aromatic heterocycles. The van der Waals surface area contributed by atoms with Crippen LogP contribution >= 0.6 is 11.3 Å². The first-order valence-electron chi connectivity index (χ1n) is 5.54. The summed E-state index contributed by atoms with van der Waals surface area (Å²) in [6, 6.07) is 5.22. The second-order valence-electron chi connectivity index (χ2n) is 4.45. The van der Waals surface area contributed by atoms with Crippen molar-refractivity contribution in [2.45, 2.75) is 33.2 Å². The van der Waals surface area contributed by atoms with Crippen LogP contribution in [0.5, 0.6) is 0 Å². The van der Waals surface area contributed by atoms with Gasteiger partial charge in [0.1, 0.15) is 0 Å². The molecule has 1 N–H and O–H groups in total. The number of nitrogens with one attached hydrogen (secondary N) is 1. The highest BCUT2D eigenvalue weighted by molar-refractivity contribution is 7.12. The van der Waals surface area contributed by atoms with Crippen molar-refractivity contribution in [1.29, 1.82) is 0 Å². The topological polar surface area (TPSA) is 12.0 Å². The van der Waals surface area contributed by atoms with Crippen LogP contribution in [-0.4, -0.2) is 6.54 Å². The second kappa shape index (κ2) is 4.03. The summed E-state index contributed by atoms with van der Waals surface area (Å²) in [6.07, 6.45) is 1.17. The average Bonchev–Trinajstić information content (AvgIpc) is 2.49. The van der Waals surface area contributed by atoms with E-state index in [-0.39, 0.29) is 0 Å². The Labute approximate surface area is 90.5 Å². The molecule has 1 aromatic rings. The molecule has 14 heavy (non-hydrogen) atoms. The van der Waals surface area contributed by atoms with Crippen LogP contribution in [0.3, 0.4) is 0 Å². The van der Waals surface area contributed by atoms with Crippen molar-refractivity contribution >= 4 is 11.3 Å². The van der Waals surface area contributed by atoms with Gasteiger partial charge in [-0.25, -0.2) is 0 Å². The lowest BCUT2D eigenvalue weighted by Gasteiger charge is -2.40. The zero-order valence-electron chi connectivity index (χ0n) is 9.21. The van der Waals surface area contributed by atoms with Crippen LogP contribution < -0.4 is 5.32 Å². The minimum Gasteiger partial charge on any atom is -0.309 e. The van der Waals surface area contributed by atoms with E-state index >= 15 is 0 Å². The Bertz CT molecular complexity index is 303. The Morgan fingerprint density at radius 3 is 2.71 bits per heavy atom. The second-order valence-corrected chi connectivity index (χ2v) is 5.65. The quantitative estimate of drug-likeness (QED) is 0.806. The summed E-state index contributed by atoms with van der Waals surface area (Å²) in [5.74, 6) is 1.65. The fraction of sp³-hybridized carbons (Fsp3) is 0.667. The molecule has 0 radical (unpaired) electrons. The van der Waals surface area contributed by atoms with Crippen LogP contribution in [0.15, 0.2) is 12.1 Å². The zero-order valence-corrected chi connectivity index (χ0v) is 10.0. The maximum atomic E-state index is 3.54. The van der Waals surface area contributed by atoms with E-state index in [9.17, 15) is 0 Å². The molecule has 2 atom stereocenters. The molecule has 1 aliphatic rings. The molecule has 0 aromatic carbocycles.